The Bertz CT molecular complexity index is 394. The van der Waals surface area contributed by atoms with E-state index in [1.165, 1.54) is 5.56 Å². The molecule has 0 radical (unpaired) electrons. The van der Waals surface area contributed by atoms with Gasteiger partial charge in [-0.05, 0) is 30.5 Å². The van der Waals surface area contributed by atoms with Crippen LogP contribution in [0.4, 0.5) is 0 Å². The van der Waals surface area contributed by atoms with Crippen molar-refractivity contribution < 1.29 is 0 Å². The van der Waals surface area contributed by atoms with Crippen molar-refractivity contribution in [2.24, 2.45) is 0 Å². The van der Waals surface area contributed by atoms with Gasteiger partial charge in [-0.2, -0.15) is 0 Å². The lowest BCUT2D eigenvalue weighted by molar-refractivity contribution is 0.559. The minimum Gasteiger partial charge on any atom is -0.253 e. The number of rotatable bonds is 4. The van der Waals surface area contributed by atoms with Gasteiger partial charge in [0, 0.05) is 17.8 Å². The van der Waals surface area contributed by atoms with Gasteiger partial charge < -0.3 is 0 Å². The molecule has 0 atom stereocenters. The molecule has 15 heavy (non-hydrogen) atoms. The fraction of sp³-hybridized carbons (Fsp3) is 0.273. The van der Waals surface area contributed by atoms with Gasteiger partial charge in [-0.25, -0.2) is 0 Å². The van der Waals surface area contributed by atoms with E-state index in [4.69, 9.17) is 11.6 Å². The molecule has 4 heteroatoms. The molecule has 0 fully saturated rings. The highest BCUT2D eigenvalue weighted by Gasteiger charge is 1.95. The van der Waals surface area contributed by atoms with E-state index < -0.39 is 0 Å². The summed E-state index contributed by atoms with van der Waals surface area (Å²) in [7, 11) is 0. The lowest BCUT2D eigenvalue weighted by atomic mass is 10.1. The van der Waals surface area contributed by atoms with Gasteiger partial charge in [-0.3, -0.25) is 4.68 Å². The van der Waals surface area contributed by atoms with E-state index in [2.05, 4.69) is 22.4 Å². The maximum atomic E-state index is 5.80. The van der Waals surface area contributed by atoms with Crippen molar-refractivity contribution in [3.8, 4) is 0 Å². The molecule has 0 unspecified atom stereocenters. The van der Waals surface area contributed by atoms with E-state index in [1.807, 2.05) is 23.0 Å². The van der Waals surface area contributed by atoms with E-state index in [9.17, 15) is 0 Å². The van der Waals surface area contributed by atoms with Crippen LogP contribution in [0.15, 0.2) is 36.7 Å². The van der Waals surface area contributed by atoms with Crippen LogP contribution in [0.2, 0.25) is 5.02 Å². The van der Waals surface area contributed by atoms with Crippen molar-refractivity contribution in [1.82, 2.24) is 15.0 Å². The maximum Gasteiger partial charge on any atom is 0.0692 e. The third kappa shape index (κ3) is 3.06. The first-order valence-corrected chi connectivity index (χ1v) is 5.31. The molecule has 3 nitrogen and oxygen atoms in total. The normalized spacial score (nSPS) is 10.5. The second-order valence-corrected chi connectivity index (χ2v) is 3.83. The summed E-state index contributed by atoms with van der Waals surface area (Å²) in [5.74, 6) is 0. The Balaban J connectivity index is 1.81. The number of hydrogen-bond donors (Lipinski definition) is 0. The van der Waals surface area contributed by atoms with Crippen LogP contribution in [0.3, 0.4) is 0 Å². The monoisotopic (exact) mass is 221 g/mol. The van der Waals surface area contributed by atoms with Gasteiger partial charge in [-0.15, -0.1) is 5.10 Å². The molecule has 0 aliphatic heterocycles. The topological polar surface area (TPSA) is 30.7 Å². The number of aromatic nitrogens is 3. The Labute approximate surface area is 93.7 Å². The molecular weight excluding hydrogens is 210 g/mol. The van der Waals surface area contributed by atoms with Crippen molar-refractivity contribution >= 4 is 11.6 Å². The lowest BCUT2D eigenvalue weighted by Crippen LogP contribution is -2.00. The third-order valence-electron chi connectivity index (χ3n) is 2.24. The minimum atomic E-state index is 0.787. The van der Waals surface area contributed by atoms with Crippen molar-refractivity contribution in [3.05, 3.63) is 47.2 Å². The zero-order valence-corrected chi connectivity index (χ0v) is 9.06. The van der Waals surface area contributed by atoms with Crippen molar-refractivity contribution in [2.45, 2.75) is 19.4 Å². The van der Waals surface area contributed by atoms with E-state index in [0.29, 0.717) is 0 Å². The van der Waals surface area contributed by atoms with Gasteiger partial charge >= 0.3 is 0 Å². The van der Waals surface area contributed by atoms with Crippen LogP contribution in [-0.4, -0.2) is 15.0 Å². The minimum absolute atomic E-state index is 0.787. The number of nitrogens with zero attached hydrogens (tertiary/aromatic N) is 3. The van der Waals surface area contributed by atoms with Crippen LogP contribution in [0, 0.1) is 0 Å². The molecule has 0 N–H and O–H groups in total. The molecule has 78 valence electrons. The highest BCUT2D eigenvalue weighted by Crippen LogP contribution is 2.11. The predicted molar refractivity (Wildman–Crippen MR) is 59.8 cm³/mol. The largest absolute Gasteiger partial charge is 0.253 e. The molecule has 1 heterocycles. The van der Waals surface area contributed by atoms with Gasteiger partial charge in [0.05, 0.1) is 6.20 Å². The molecule has 0 spiro atoms. The van der Waals surface area contributed by atoms with Gasteiger partial charge in [0.2, 0.25) is 0 Å². The molecular formula is C11H12ClN3. The molecule has 0 aliphatic carbocycles. The molecule has 2 aromatic rings. The summed E-state index contributed by atoms with van der Waals surface area (Å²) in [5, 5.41) is 8.45. The molecule has 1 aromatic carbocycles. The summed E-state index contributed by atoms with van der Waals surface area (Å²) in [6.45, 7) is 0.905. The second-order valence-electron chi connectivity index (χ2n) is 3.40. The summed E-state index contributed by atoms with van der Waals surface area (Å²) < 4.78 is 1.84. The van der Waals surface area contributed by atoms with Crippen molar-refractivity contribution in [1.29, 1.82) is 0 Å². The lowest BCUT2D eigenvalue weighted by Gasteiger charge is -2.01. The first-order valence-electron chi connectivity index (χ1n) is 4.93. The molecule has 2 rings (SSSR count). The van der Waals surface area contributed by atoms with Gasteiger partial charge in [0.1, 0.15) is 0 Å². The van der Waals surface area contributed by atoms with Crippen LogP contribution in [0.5, 0.6) is 0 Å². The first-order chi connectivity index (χ1) is 7.34. The summed E-state index contributed by atoms with van der Waals surface area (Å²) in [6, 6.07) is 7.96. The predicted octanol–water partition coefficient (Wildman–Crippen LogP) is 2.56. The van der Waals surface area contributed by atoms with Crippen molar-refractivity contribution in [3.63, 3.8) is 0 Å². The number of aryl methyl sites for hydroxylation is 2. The van der Waals surface area contributed by atoms with E-state index >= 15 is 0 Å². The molecule has 0 aliphatic rings. The smallest absolute Gasteiger partial charge is 0.0692 e. The summed E-state index contributed by atoms with van der Waals surface area (Å²) >= 11 is 5.80. The van der Waals surface area contributed by atoms with Gasteiger partial charge in [0.25, 0.3) is 0 Å². The standard InChI is InChI=1S/C11H12ClN3/c12-11-5-3-10(4-6-11)2-1-8-15-9-7-13-14-15/h3-7,9H,1-2,8H2. The fourth-order valence-corrected chi connectivity index (χ4v) is 1.57. The Morgan fingerprint density at radius 3 is 2.67 bits per heavy atom. The average Bonchev–Trinajstić information content (AvgIpc) is 2.74. The Morgan fingerprint density at radius 2 is 2.00 bits per heavy atom. The fourth-order valence-electron chi connectivity index (χ4n) is 1.45. The SMILES string of the molecule is Clc1ccc(CCCn2ccnn2)cc1. The highest BCUT2D eigenvalue weighted by atomic mass is 35.5. The van der Waals surface area contributed by atoms with E-state index in [-0.39, 0.29) is 0 Å². The van der Waals surface area contributed by atoms with Gasteiger partial charge in [0.15, 0.2) is 0 Å². The van der Waals surface area contributed by atoms with E-state index in [1.54, 1.807) is 6.20 Å². The van der Waals surface area contributed by atoms with Crippen LogP contribution in [0.1, 0.15) is 12.0 Å². The summed E-state index contributed by atoms with van der Waals surface area (Å²) in [5.41, 5.74) is 1.31. The Morgan fingerprint density at radius 1 is 1.20 bits per heavy atom. The zero-order valence-electron chi connectivity index (χ0n) is 8.31. The number of halogens is 1. The molecule has 0 saturated carbocycles. The van der Waals surface area contributed by atoms with Crippen LogP contribution >= 0.6 is 11.6 Å². The van der Waals surface area contributed by atoms with Gasteiger partial charge in [-0.1, -0.05) is 28.9 Å². The highest BCUT2D eigenvalue weighted by molar-refractivity contribution is 6.30. The first kappa shape index (κ1) is 10.2. The Kier molecular flexibility index (Phi) is 3.35. The molecule has 1 aromatic heterocycles. The maximum absolute atomic E-state index is 5.80. The second kappa shape index (κ2) is 4.94. The third-order valence-corrected chi connectivity index (χ3v) is 2.49. The number of benzene rings is 1. The average molecular weight is 222 g/mol. The zero-order chi connectivity index (χ0) is 10.5. The van der Waals surface area contributed by atoms with Crippen LogP contribution in [0.25, 0.3) is 0 Å². The Hall–Kier alpha value is -1.35. The summed E-state index contributed by atoms with van der Waals surface area (Å²) in [6.07, 6.45) is 5.67. The van der Waals surface area contributed by atoms with E-state index in [0.717, 1.165) is 24.4 Å². The summed E-state index contributed by atoms with van der Waals surface area (Å²) in [4.78, 5) is 0. The number of hydrogen-bond acceptors (Lipinski definition) is 2. The van der Waals surface area contributed by atoms with Crippen LogP contribution < -0.4 is 0 Å². The molecule has 0 amide bonds. The molecule has 0 saturated heterocycles. The van der Waals surface area contributed by atoms with Crippen LogP contribution in [-0.2, 0) is 13.0 Å². The molecule has 0 bridgehead atoms. The quantitative estimate of drug-likeness (QED) is 0.795. The van der Waals surface area contributed by atoms with Crippen molar-refractivity contribution in [2.75, 3.05) is 0 Å².